The van der Waals surface area contributed by atoms with Crippen molar-refractivity contribution in [3.8, 4) is 5.75 Å². The van der Waals surface area contributed by atoms with E-state index in [-0.39, 0.29) is 17.9 Å². The van der Waals surface area contributed by atoms with E-state index in [4.69, 9.17) is 16.3 Å². The van der Waals surface area contributed by atoms with Crippen molar-refractivity contribution in [3.05, 3.63) is 63.6 Å². The highest BCUT2D eigenvalue weighted by atomic mass is 79.9. The molecule has 0 saturated heterocycles. The minimum atomic E-state index is -0.572. The van der Waals surface area contributed by atoms with Crippen LogP contribution in [0.1, 0.15) is 45.6 Å². The second kappa shape index (κ2) is 12.7. The van der Waals surface area contributed by atoms with E-state index in [1.54, 1.807) is 36.1 Å². The van der Waals surface area contributed by atoms with Gasteiger partial charge >= 0.3 is 0 Å². The summed E-state index contributed by atoms with van der Waals surface area (Å²) in [5.41, 5.74) is 0.961. The predicted molar refractivity (Wildman–Crippen MR) is 128 cm³/mol. The SMILES string of the molecule is CC[C@@H](C)NC(=O)[C@@H](C)N(Cc1cccc(Br)c1)C(=O)CCCOc1ccc(Cl)cc1. The molecule has 0 radical (unpaired) electrons. The van der Waals surface area contributed by atoms with E-state index in [1.807, 2.05) is 38.1 Å². The third kappa shape index (κ3) is 8.54. The first kappa shape index (κ1) is 25.2. The van der Waals surface area contributed by atoms with Gasteiger partial charge in [-0.25, -0.2) is 0 Å². The molecule has 7 heteroatoms. The molecule has 0 aliphatic heterocycles. The first-order valence-corrected chi connectivity index (χ1v) is 11.7. The van der Waals surface area contributed by atoms with E-state index in [0.717, 1.165) is 16.5 Å². The maximum Gasteiger partial charge on any atom is 0.242 e. The van der Waals surface area contributed by atoms with Crippen molar-refractivity contribution < 1.29 is 14.3 Å². The third-order valence-corrected chi connectivity index (χ3v) is 5.77. The van der Waals surface area contributed by atoms with Gasteiger partial charge in [-0.1, -0.05) is 46.6 Å². The van der Waals surface area contributed by atoms with Gasteiger partial charge in [0.2, 0.25) is 11.8 Å². The minimum Gasteiger partial charge on any atom is -0.494 e. The quantitative estimate of drug-likeness (QED) is 0.402. The molecule has 5 nitrogen and oxygen atoms in total. The Kier molecular flexibility index (Phi) is 10.3. The van der Waals surface area contributed by atoms with Crippen molar-refractivity contribution in [3.63, 3.8) is 0 Å². The van der Waals surface area contributed by atoms with Crippen molar-refractivity contribution in [2.75, 3.05) is 6.61 Å². The number of benzene rings is 2. The molecule has 0 heterocycles. The van der Waals surface area contributed by atoms with Crippen LogP contribution in [-0.4, -0.2) is 35.4 Å². The lowest BCUT2D eigenvalue weighted by Gasteiger charge is -2.30. The highest BCUT2D eigenvalue weighted by Crippen LogP contribution is 2.18. The number of nitrogens with zero attached hydrogens (tertiary/aromatic N) is 1. The van der Waals surface area contributed by atoms with E-state index in [9.17, 15) is 9.59 Å². The van der Waals surface area contributed by atoms with Crippen LogP contribution in [-0.2, 0) is 16.1 Å². The molecule has 2 atom stereocenters. The van der Waals surface area contributed by atoms with Gasteiger partial charge in [0.25, 0.3) is 0 Å². The zero-order chi connectivity index (χ0) is 22.8. The average Bonchev–Trinajstić information content (AvgIpc) is 2.75. The molecule has 31 heavy (non-hydrogen) atoms. The number of rotatable bonds is 11. The molecule has 0 aliphatic rings. The summed E-state index contributed by atoms with van der Waals surface area (Å²) in [6.07, 6.45) is 1.68. The Hall–Kier alpha value is -2.05. The minimum absolute atomic E-state index is 0.0607. The lowest BCUT2D eigenvalue weighted by Crippen LogP contribution is -2.49. The summed E-state index contributed by atoms with van der Waals surface area (Å²) in [4.78, 5) is 27.4. The van der Waals surface area contributed by atoms with E-state index < -0.39 is 6.04 Å². The van der Waals surface area contributed by atoms with Crippen LogP contribution in [0.3, 0.4) is 0 Å². The molecule has 0 fully saturated rings. The largest absolute Gasteiger partial charge is 0.494 e. The van der Waals surface area contributed by atoms with E-state index in [2.05, 4.69) is 21.2 Å². The second-order valence-electron chi connectivity index (χ2n) is 7.55. The van der Waals surface area contributed by atoms with Crippen LogP contribution < -0.4 is 10.1 Å². The van der Waals surface area contributed by atoms with E-state index in [1.165, 1.54) is 0 Å². The van der Waals surface area contributed by atoms with Gasteiger partial charge in [0.1, 0.15) is 11.8 Å². The van der Waals surface area contributed by atoms with Crippen LogP contribution in [0.25, 0.3) is 0 Å². The lowest BCUT2D eigenvalue weighted by atomic mass is 10.1. The molecule has 2 rings (SSSR count). The number of hydrogen-bond donors (Lipinski definition) is 1. The molecular formula is C24H30BrClN2O3. The molecular weight excluding hydrogens is 480 g/mol. The fraction of sp³-hybridized carbons (Fsp3) is 0.417. The van der Waals surface area contributed by atoms with Gasteiger partial charge in [0.15, 0.2) is 0 Å². The molecule has 2 aromatic carbocycles. The highest BCUT2D eigenvalue weighted by molar-refractivity contribution is 9.10. The van der Waals surface area contributed by atoms with E-state index in [0.29, 0.717) is 36.8 Å². The first-order valence-electron chi connectivity index (χ1n) is 10.5. The smallest absolute Gasteiger partial charge is 0.242 e. The first-order chi connectivity index (χ1) is 14.8. The van der Waals surface area contributed by atoms with Crippen molar-refractivity contribution in [1.29, 1.82) is 0 Å². The number of nitrogens with one attached hydrogen (secondary N) is 1. The highest BCUT2D eigenvalue weighted by Gasteiger charge is 2.26. The van der Waals surface area contributed by atoms with Gasteiger partial charge in [-0.05, 0) is 68.7 Å². The summed E-state index contributed by atoms with van der Waals surface area (Å²) >= 11 is 9.35. The monoisotopic (exact) mass is 508 g/mol. The molecule has 0 unspecified atom stereocenters. The number of carbonyl (C=O) groups is 2. The van der Waals surface area contributed by atoms with Crippen molar-refractivity contribution in [1.82, 2.24) is 10.2 Å². The van der Waals surface area contributed by atoms with Crippen molar-refractivity contribution >= 4 is 39.3 Å². The summed E-state index contributed by atoms with van der Waals surface area (Å²) in [6, 6.07) is 14.4. The van der Waals surface area contributed by atoms with Crippen molar-refractivity contribution in [2.24, 2.45) is 0 Å². The van der Waals surface area contributed by atoms with Crippen LogP contribution in [0.15, 0.2) is 53.0 Å². The molecule has 168 valence electrons. The summed E-state index contributed by atoms with van der Waals surface area (Å²) < 4.78 is 6.62. The number of carbonyl (C=O) groups excluding carboxylic acids is 2. The number of ether oxygens (including phenoxy) is 1. The number of amides is 2. The maximum atomic E-state index is 13.1. The normalized spacial score (nSPS) is 12.7. The fourth-order valence-corrected chi connectivity index (χ4v) is 3.54. The summed E-state index contributed by atoms with van der Waals surface area (Å²) in [7, 11) is 0. The zero-order valence-electron chi connectivity index (χ0n) is 18.2. The van der Waals surface area contributed by atoms with Crippen LogP contribution in [0, 0.1) is 0 Å². The number of halogens is 2. The summed E-state index contributed by atoms with van der Waals surface area (Å²) in [6.45, 7) is 6.52. The molecule has 0 aliphatic carbocycles. The van der Waals surface area contributed by atoms with Crippen LogP contribution in [0.2, 0.25) is 5.02 Å². The van der Waals surface area contributed by atoms with Gasteiger partial charge in [-0.3, -0.25) is 9.59 Å². The molecule has 1 N–H and O–H groups in total. The van der Waals surface area contributed by atoms with Gasteiger partial charge in [-0.2, -0.15) is 0 Å². The van der Waals surface area contributed by atoms with E-state index >= 15 is 0 Å². The van der Waals surface area contributed by atoms with Crippen LogP contribution >= 0.6 is 27.5 Å². The molecule has 0 bridgehead atoms. The molecule has 2 amide bonds. The topological polar surface area (TPSA) is 58.6 Å². The Bertz CT molecular complexity index is 860. The van der Waals surface area contributed by atoms with Crippen LogP contribution in [0.5, 0.6) is 5.75 Å². The molecule has 0 aromatic heterocycles. The zero-order valence-corrected chi connectivity index (χ0v) is 20.6. The summed E-state index contributed by atoms with van der Waals surface area (Å²) in [5.74, 6) is 0.491. The predicted octanol–water partition coefficient (Wildman–Crippen LogP) is 5.59. The Morgan fingerprint density at radius 1 is 1.16 bits per heavy atom. The summed E-state index contributed by atoms with van der Waals surface area (Å²) in [5, 5.41) is 3.63. The third-order valence-electron chi connectivity index (χ3n) is 5.03. The lowest BCUT2D eigenvalue weighted by molar-refractivity contribution is -0.141. The van der Waals surface area contributed by atoms with Gasteiger partial charge in [-0.15, -0.1) is 0 Å². The maximum absolute atomic E-state index is 13.1. The Labute approximate surface area is 198 Å². The standard InChI is InChI=1S/C24H30BrClN2O3/c1-4-17(2)27-24(30)18(3)28(16-19-7-5-8-20(25)15-19)23(29)9-6-14-31-22-12-10-21(26)11-13-22/h5,7-8,10-13,15,17-18H,4,6,9,14,16H2,1-3H3,(H,27,30)/t17-,18-/m1/s1. The molecule has 0 saturated carbocycles. The average molecular weight is 510 g/mol. The Morgan fingerprint density at radius 3 is 2.52 bits per heavy atom. The van der Waals surface area contributed by atoms with Gasteiger partial charge in [0, 0.05) is 28.5 Å². The second-order valence-corrected chi connectivity index (χ2v) is 8.90. The van der Waals surface area contributed by atoms with Crippen LogP contribution in [0.4, 0.5) is 0 Å². The Balaban J connectivity index is 2.00. The molecule has 0 spiro atoms. The van der Waals surface area contributed by atoms with Gasteiger partial charge < -0.3 is 15.0 Å². The number of hydrogen-bond acceptors (Lipinski definition) is 3. The van der Waals surface area contributed by atoms with Gasteiger partial charge in [0.05, 0.1) is 6.61 Å². The Morgan fingerprint density at radius 2 is 1.87 bits per heavy atom. The van der Waals surface area contributed by atoms with Crippen molar-refractivity contribution in [2.45, 2.75) is 58.7 Å². The molecule has 2 aromatic rings. The fourth-order valence-electron chi connectivity index (χ4n) is 2.97.